The molecule has 0 fully saturated rings. The van der Waals surface area contributed by atoms with E-state index in [2.05, 4.69) is 30.3 Å². The number of amides is 2. The number of aromatic nitrogens is 3. The van der Waals surface area contributed by atoms with Crippen LogP contribution in [0.15, 0.2) is 66.4 Å². The van der Waals surface area contributed by atoms with E-state index in [1.54, 1.807) is 60.2 Å². The second kappa shape index (κ2) is 9.23. The van der Waals surface area contributed by atoms with Crippen molar-refractivity contribution in [1.82, 2.24) is 15.0 Å². The van der Waals surface area contributed by atoms with E-state index < -0.39 is 5.97 Å². The number of carbonyl (C=O) groups is 3. The van der Waals surface area contributed by atoms with Gasteiger partial charge in [0.15, 0.2) is 5.13 Å². The van der Waals surface area contributed by atoms with Gasteiger partial charge in [0.05, 0.1) is 18.4 Å². The third-order valence-electron chi connectivity index (χ3n) is 4.42. The first-order valence-corrected chi connectivity index (χ1v) is 10.3. The highest BCUT2D eigenvalue weighted by atomic mass is 32.1. The molecule has 0 atom stereocenters. The summed E-state index contributed by atoms with van der Waals surface area (Å²) in [5.74, 6) is -1.17. The van der Waals surface area contributed by atoms with Gasteiger partial charge in [-0.3, -0.25) is 19.9 Å². The van der Waals surface area contributed by atoms with Gasteiger partial charge in [0.2, 0.25) is 0 Å². The van der Waals surface area contributed by atoms with Crippen molar-refractivity contribution in [3.8, 4) is 11.3 Å². The van der Waals surface area contributed by atoms with Crippen molar-refractivity contribution in [3.05, 3.63) is 83.3 Å². The van der Waals surface area contributed by atoms with Crippen molar-refractivity contribution in [3.63, 3.8) is 0 Å². The molecule has 0 unspecified atom stereocenters. The number of thiazole rings is 1. The second-order valence-electron chi connectivity index (χ2n) is 6.56. The number of hydrogen-bond acceptors (Lipinski definition) is 7. The highest BCUT2D eigenvalue weighted by molar-refractivity contribution is 7.14. The first kappa shape index (κ1) is 20.9. The van der Waals surface area contributed by atoms with Crippen LogP contribution < -0.4 is 10.6 Å². The minimum absolute atomic E-state index is 0.311. The number of hydrogen-bond donors (Lipinski definition) is 3. The molecule has 160 valence electrons. The Kier molecular flexibility index (Phi) is 6.04. The van der Waals surface area contributed by atoms with E-state index in [1.165, 1.54) is 24.6 Å². The van der Waals surface area contributed by atoms with Crippen LogP contribution in [0.25, 0.3) is 11.3 Å². The Morgan fingerprint density at radius 2 is 1.84 bits per heavy atom. The maximum Gasteiger partial charge on any atom is 0.354 e. The molecule has 0 saturated carbocycles. The molecule has 4 rings (SSSR count). The summed E-state index contributed by atoms with van der Waals surface area (Å²) in [7, 11) is 1.30. The molecule has 0 saturated heterocycles. The zero-order valence-electron chi connectivity index (χ0n) is 16.8. The lowest BCUT2D eigenvalue weighted by Gasteiger charge is -2.07. The summed E-state index contributed by atoms with van der Waals surface area (Å²) in [6.07, 6.45) is 4.69. The lowest BCUT2D eigenvalue weighted by Crippen LogP contribution is -2.14. The number of anilines is 2. The van der Waals surface area contributed by atoms with Crippen molar-refractivity contribution in [1.29, 1.82) is 0 Å². The normalized spacial score (nSPS) is 10.4. The van der Waals surface area contributed by atoms with Crippen LogP contribution in [-0.2, 0) is 4.74 Å². The molecule has 0 aliphatic rings. The first-order valence-electron chi connectivity index (χ1n) is 9.39. The molecular weight excluding hydrogens is 430 g/mol. The molecule has 32 heavy (non-hydrogen) atoms. The Balaban J connectivity index is 1.43. The van der Waals surface area contributed by atoms with Crippen molar-refractivity contribution >= 4 is 39.9 Å². The summed E-state index contributed by atoms with van der Waals surface area (Å²) in [6, 6.07) is 11.5. The second-order valence-corrected chi connectivity index (χ2v) is 7.42. The average molecular weight is 447 g/mol. The van der Waals surface area contributed by atoms with Crippen molar-refractivity contribution in [2.45, 2.75) is 0 Å². The summed E-state index contributed by atoms with van der Waals surface area (Å²) >= 11 is 1.25. The van der Waals surface area contributed by atoms with Crippen LogP contribution in [0, 0.1) is 0 Å². The first-order chi connectivity index (χ1) is 15.5. The van der Waals surface area contributed by atoms with E-state index in [-0.39, 0.29) is 11.8 Å². The van der Waals surface area contributed by atoms with Crippen LogP contribution >= 0.6 is 11.3 Å². The maximum absolute atomic E-state index is 12.7. The monoisotopic (exact) mass is 447 g/mol. The zero-order valence-corrected chi connectivity index (χ0v) is 17.6. The molecular formula is C22H17N5O4S. The van der Waals surface area contributed by atoms with Crippen LogP contribution in [0.3, 0.4) is 0 Å². The Hall–Kier alpha value is -4.31. The van der Waals surface area contributed by atoms with Crippen molar-refractivity contribution in [2.24, 2.45) is 0 Å². The van der Waals surface area contributed by atoms with Gasteiger partial charge in [-0.15, -0.1) is 11.3 Å². The number of esters is 1. The fraction of sp³-hybridized carbons (Fsp3) is 0.0455. The van der Waals surface area contributed by atoms with E-state index in [1.807, 2.05) is 0 Å². The number of methoxy groups -OCH3 is 1. The number of pyridine rings is 1. The van der Waals surface area contributed by atoms with Crippen LogP contribution in [0.2, 0.25) is 0 Å². The molecule has 0 bridgehead atoms. The average Bonchev–Trinajstić information content (AvgIpc) is 3.49. The van der Waals surface area contributed by atoms with Gasteiger partial charge in [0.1, 0.15) is 5.69 Å². The van der Waals surface area contributed by atoms with Gasteiger partial charge >= 0.3 is 5.97 Å². The minimum Gasteiger partial charge on any atom is -0.464 e. The molecule has 3 N–H and O–H groups in total. The van der Waals surface area contributed by atoms with Crippen LogP contribution in [-0.4, -0.2) is 39.8 Å². The molecule has 3 aromatic heterocycles. The number of H-pyrrole nitrogens is 1. The lowest BCUT2D eigenvalue weighted by atomic mass is 10.2. The molecule has 4 aromatic rings. The molecule has 9 nitrogen and oxygen atoms in total. The van der Waals surface area contributed by atoms with E-state index >= 15 is 0 Å². The SMILES string of the molecule is COC(=O)c1cc(-c2csc(NC(=O)c3cccc(NC(=O)c4cccnc4)c3)n2)c[nH]1. The lowest BCUT2D eigenvalue weighted by molar-refractivity contribution is 0.0594. The van der Waals surface area contributed by atoms with Crippen molar-refractivity contribution in [2.75, 3.05) is 17.7 Å². The van der Waals surface area contributed by atoms with Crippen LogP contribution in [0.1, 0.15) is 31.2 Å². The Bertz CT molecular complexity index is 1280. The summed E-state index contributed by atoms with van der Waals surface area (Å²) in [5, 5.41) is 7.66. The number of ether oxygens (including phenoxy) is 1. The van der Waals surface area contributed by atoms with Gasteiger partial charge in [-0.25, -0.2) is 9.78 Å². The zero-order chi connectivity index (χ0) is 22.5. The number of nitrogens with zero attached hydrogens (tertiary/aromatic N) is 2. The topological polar surface area (TPSA) is 126 Å². The smallest absolute Gasteiger partial charge is 0.354 e. The van der Waals surface area contributed by atoms with Crippen LogP contribution in [0.5, 0.6) is 0 Å². The largest absolute Gasteiger partial charge is 0.464 e. The third kappa shape index (κ3) is 4.71. The van der Waals surface area contributed by atoms with Gasteiger partial charge in [-0.1, -0.05) is 6.07 Å². The van der Waals surface area contributed by atoms with E-state index in [4.69, 9.17) is 0 Å². The fourth-order valence-corrected chi connectivity index (χ4v) is 3.56. The molecule has 0 radical (unpaired) electrons. The van der Waals surface area contributed by atoms with Gasteiger partial charge in [-0.05, 0) is 36.4 Å². The van der Waals surface area contributed by atoms with Gasteiger partial charge in [0.25, 0.3) is 11.8 Å². The molecule has 10 heteroatoms. The van der Waals surface area contributed by atoms with E-state index in [9.17, 15) is 14.4 Å². The van der Waals surface area contributed by atoms with Crippen molar-refractivity contribution < 1.29 is 19.1 Å². The number of rotatable bonds is 6. The Morgan fingerprint density at radius 1 is 1.03 bits per heavy atom. The number of aromatic amines is 1. The summed E-state index contributed by atoms with van der Waals surface area (Å²) in [6.45, 7) is 0. The highest BCUT2D eigenvalue weighted by Gasteiger charge is 2.14. The molecule has 0 spiro atoms. The van der Waals surface area contributed by atoms with Crippen LogP contribution in [0.4, 0.5) is 10.8 Å². The predicted molar refractivity (Wildman–Crippen MR) is 120 cm³/mol. The summed E-state index contributed by atoms with van der Waals surface area (Å²) < 4.78 is 4.68. The van der Waals surface area contributed by atoms with Gasteiger partial charge in [0, 0.05) is 40.8 Å². The number of nitrogens with one attached hydrogen (secondary N) is 3. The molecule has 3 heterocycles. The maximum atomic E-state index is 12.7. The standard InChI is InChI=1S/C22H17N5O4S/c1-31-21(30)17-9-15(11-24-17)18-12-32-22(26-18)27-19(28)13-4-2-6-16(8-13)25-20(29)14-5-3-7-23-10-14/h2-12,24H,1H3,(H,25,29)(H,26,27,28). The van der Waals surface area contributed by atoms with Gasteiger partial charge < -0.3 is 15.0 Å². The minimum atomic E-state index is -0.476. The number of benzene rings is 1. The Morgan fingerprint density at radius 3 is 2.62 bits per heavy atom. The quantitative estimate of drug-likeness (QED) is 0.386. The fourth-order valence-electron chi connectivity index (χ4n) is 2.84. The third-order valence-corrected chi connectivity index (χ3v) is 5.17. The summed E-state index contributed by atoms with van der Waals surface area (Å²) in [4.78, 5) is 47.7. The highest BCUT2D eigenvalue weighted by Crippen LogP contribution is 2.26. The predicted octanol–water partition coefficient (Wildman–Crippen LogP) is 3.82. The molecule has 2 amide bonds. The van der Waals surface area contributed by atoms with Gasteiger partial charge in [-0.2, -0.15) is 0 Å². The Labute approximate surface area is 186 Å². The molecule has 0 aliphatic carbocycles. The summed E-state index contributed by atoms with van der Waals surface area (Å²) in [5.41, 5.74) is 2.87. The molecule has 1 aromatic carbocycles. The van der Waals surface area contributed by atoms with E-state index in [0.717, 1.165) is 0 Å². The molecule has 0 aliphatic heterocycles. The van der Waals surface area contributed by atoms with E-state index in [0.29, 0.717) is 38.9 Å². The number of carbonyl (C=O) groups excluding carboxylic acids is 3.